The molecule has 0 spiro atoms. The minimum Gasteiger partial charge on any atom is -0.506 e. The van der Waals surface area contributed by atoms with Gasteiger partial charge >= 0.3 is 5.63 Å². The first-order valence-corrected chi connectivity index (χ1v) is 6.99. The molecule has 0 fully saturated rings. The Balaban J connectivity index is 2.08. The average Bonchev–Trinajstić information content (AvgIpc) is 2.50. The van der Waals surface area contributed by atoms with Crippen molar-refractivity contribution in [3.63, 3.8) is 0 Å². The third kappa shape index (κ3) is 2.61. The van der Waals surface area contributed by atoms with Gasteiger partial charge in [-0.1, -0.05) is 29.8 Å². The normalized spacial score (nSPS) is 11.4. The monoisotopic (exact) mass is 313 g/mol. The quantitative estimate of drug-likeness (QED) is 0.569. The summed E-state index contributed by atoms with van der Waals surface area (Å²) < 4.78 is 5.17. The van der Waals surface area contributed by atoms with Crippen molar-refractivity contribution in [2.75, 3.05) is 0 Å². The number of hydrogen-bond donors (Lipinski definition) is 1. The number of hydrogen-bond acceptors (Lipinski definition) is 4. The first kappa shape index (κ1) is 14.4. The number of fused-ring (bicyclic) bond motifs is 1. The van der Waals surface area contributed by atoms with Crippen LogP contribution in [0, 0.1) is 6.92 Å². The van der Waals surface area contributed by atoms with Gasteiger partial charge in [-0.15, -0.1) is 0 Å². The molecule has 110 valence electrons. The Kier molecular flexibility index (Phi) is 3.69. The fourth-order valence-electron chi connectivity index (χ4n) is 2.06. The van der Waals surface area contributed by atoms with E-state index in [1.54, 1.807) is 36.4 Å². The summed E-state index contributed by atoms with van der Waals surface area (Å²) in [6, 6.07) is 12.1. The fraction of sp³-hybridized carbons (Fsp3) is 0.0588. The first-order chi connectivity index (χ1) is 10.6. The fourth-order valence-corrected chi connectivity index (χ4v) is 2.24. The van der Waals surface area contributed by atoms with E-state index in [2.05, 4.69) is 4.99 Å². The molecular formula is C17H12ClNO3. The van der Waals surface area contributed by atoms with Gasteiger partial charge in [0.05, 0.1) is 11.1 Å². The van der Waals surface area contributed by atoms with Gasteiger partial charge in [-0.2, -0.15) is 0 Å². The first-order valence-electron chi connectivity index (χ1n) is 6.61. The van der Waals surface area contributed by atoms with Crippen molar-refractivity contribution in [1.82, 2.24) is 0 Å². The van der Waals surface area contributed by atoms with Crippen LogP contribution in [0.2, 0.25) is 5.02 Å². The van der Waals surface area contributed by atoms with E-state index in [0.717, 1.165) is 5.56 Å². The van der Waals surface area contributed by atoms with E-state index in [0.29, 0.717) is 21.7 Å². The highest BCUT2D eigenvalue weighted by Crippen LogP contribution is 2.26. The zero-order valence-electron chi connectivity index (χ0n) is 11.7. The van der Waals surface area contributed by atoms with Gasteiger partial charge < -0.3 is 9.52 Å². The molecule has 0 atom stereocenters. The van der Waals surface area contributed by atoms with Crippen LogP contribution >= 0.6 is 11.6 Å². The van der Waals surface area contributed by atoms with E-state index in [9.17, 15) is 9.90 Å². The van der Waals surface area contributed by atoms with Crippen molar-refractivity contribution >= 4 is 34.5 Å². The third-order valence-electron chi connectivity index (χ3n) is 3.32. The minimum atomic E-state index is -0.641. The molecule has 1 N–H and O–H groups in total. The molecule has 22 heavy (non-hydrogen) atoms. The van der Waals surface area contributed by atoms with Crippen molar-refractivity contribution in [1.29, 1.82) is 0 Å². The van der Waals surface area contributed by atoms with Crippen molar-refractivity contribution in [2.45, 2.75) is 6.92 Å². The second kappa shape index (κ2) is 5.66. The molecule has 3 aromatic rings. The van der Waals surface area contributed by atoms with Crippen LogP contribution in [0.3, 0.4) is 0 Å². The minimum absolute atomic E-state index is 0.00963. The molecule has 0 aliphatic heterocycles. The zero-order valence-corrected chi connectivity index (χ0v) is 12.5. The van der Waals surface area contributed by atoms with Crippen molar-refractivity contribution in [3.8, 4) is 5.75 Å². The highest BCUT2D eigenvalue weighted by atomic mass is 35.5. The molecule has 4 nitrogen and oxygen atoms in total. The van der Waals surface area contributed by atoms with Gasteiger partial charge in [-0.3, -0.25) is 4.99 Å². The van der Waals surface area contributed by atoms with Crippen LogP contribution < -0.4 is 5.63 Å². The third-order valence-corrected chi connectivity index (χ3v) is 3.73. The summed E-state index contributed by atoms with van der Waals surface area (Å²) in [5.41, 5.74) is 1.23. The van der Waals surface area contributed by atoms with Crippen LogP contribution in [-0.4, -0.2) is 11.3 Å². The molecule has 0 unspecified atom stereocenters. The summed E-state index contributed by atoms with van der Waals surface area (Å²) >= 11 is 6.03. The molecule has 2 aromatic carbocycles. The molecule has 5 heteroatoms. The second-order valence-corrected chi connectivity index (χ2v) is 5.25. The van der Waals surface area contributed by atoms with Gasteiger partial charge in [0.25, 0.3) is 0 Å². The summed E-state index contributed by atoms with van der Waals surface area (Å²) in [7, 11) is 0. The summed E-state index contributed by atoms with van der Waals surface area (Å²) in [5, 5.41) is 11.3. The molecule has 1 aromatic heterocycles. The van der Waals surface area contributed by atoms with Gasteiger partial charge in [-0.25, -0.2) is 4.79 Å². The van der Waals surface area contributed by atoms with E-state index in [4.69, 9.17) is 16.0 Å². The zero-order chi connectivity index (χ0) is 15.7. The van der Waals surface area contributed by atoms with Crippen LogP contribution in [0.5, 0.6) is 5.75 Å². The molecule has 3 rings (SSSR count). The standard InChI is InChI=1S/C17H12ClNO3/c1-10-6-7-11(8-14(10)18)19-9-13-16(20)12-4-2-3-5-15(12)22-17(13)21/h2-9,20H,1H3. The van der Waals surface area contributed by atoms with Gasteiger partial charge in [0.1, 0.15) is 16.9 Å². The van der Waals surface area contributed by atoms with Crippen molar-refractivity contribution in [2.24, 2.45) is 4.99 Å². The van der Waals surface area contributed by atoms with Crippen molar-refractivity contribution in [3.05, 3.63) is 69.0 Å². The van der Waals surface area contributed by atoms with Gasteiger partial charge in [0, 0.05) is 11.2 Å². The van der Waals surface area contributed by atoms with Gasteiger partial charge in [-0.05, 0) is 36.8 Å². The molecule has 0 aliphatic carbocycles. The number of halogens is 1. The van der Waals surface area contributed by atoms with Crippen LogP contribution in [0.1, 0.15) is 11.1 Å². The Labute approximate surface area is 131 Å². The number of rotatable bonds is 2. The van der Waals surface area contributed by atoms with Crippen LogP contribution in [0.15, 0.2) is 56.7 Å². The SMILES string of the molecule is Cc1ccc(N=Cc2c(O)c3ccccc3oc2=O)cc1Cl. The largest absolute Gasteiger partial charge is 0.506 e. The molecule has 0 saturated carbocycles. The van der Waals surface area contributed by atoms with E-state index in [1.165, 1.54) is 6.21 Å². The van der Waals surface area contributed by atoms with E-state index < -0.39 is 5.63 Å². The molecule has 0 radical (unpaired) electrons. The number of benzene rings is 2. The Morgan fingerprint density at radius 2 is 2.00 bits per heavy atom. The number of para-hydroxylation sites is 1. The number of aliphatic imine (C=N–C) groups is 1. The maximum absolute atomic E-state index is 12.0. The average molecular weight is 314 g/mol. The lowest BCUT2D eigenvalue weighted by atomic mass is 10.1. The van der Waals surface area contributed by atoms with Crippen LogP contribution in [0.4, 0.5) is 5.69 Å². The van der Waals surface area contributed by atoms with E-state index in [1.807, 2.05) is 13.0 Å². The maximum Gasteiger partial charge on any atom is 0.348 e. The Morgan fingerprint density at radius 3 is 2.77 bits per heavy atom. The smallest absolute Gasteiger partial charge is 0.348 e. The Hall–Kier alpha value is -2.59. The molecular weight excluding hydrogens is 302 g/mol. The molecule has 0 saturated heterocycles. The van der Waals surface area contributed by atoms with E-state index >= 15 is 0 Å². The number of nitrogens with zero attached hydrogens (tertiary/aromatic N) is 1. The highest BCUT2D eigenvalue weighted by molar-refractivity contribution is 6.31. The predicted octanol–water partition coefficient (Wildman–Crippen LogP) is 4.21. The van der Waals surface area contributed by atoms with Gasteiger partial charge in [0.2, 0.25) is 0 Å². The Morgan fingerprint density at radius 1 is 1.23 bits per heavy atom. The second-order valence-electron chi connectivity index (χ2n) is 4.84. The number of aryl methyl sites for hydroxylation is 1. The lowest BCUT2D eigenvalue weighted by molar-refractivity contribution is 0.466. The summed E-state index contributed by atoms with van der Waals surface area (Å²) in [4.78, 5) is 16.1. The molecule has 0 amide bonds. The summed E-state index contributed by atoms with van der Waals surface area (Å²) in [6.45, 7) is 1.89. The highest BCUT2D eigenvalue weighted by Gasteiger charge is 2.11. The summed E-state index contributed by atoms with van der Waals surface area (Å²) in [5.74, 6) is -0.145. The van der Waals surface area contributed by atoms with Crippen molar-refractivity contribution < 1.29 is 9.52 Å². The topological polar surface area (TPSA) is 62.8 Å². The van der Waals surface area contributed by atoms with Gasteiger partial charge in [0.15, 0.2) is 0 Å². The molecule has 0 aliphatic rings. The predicted molar refractivity (Wildman–Crippen MR) is 87.6 cm³/mol. The van der Waals surface area contributed by atoms with Crippen LogP contribution in [0.25, 0.3) is 11.0 Å². The Bertz CT molecular complexity index is 944. The number of aromatic hydroxyl groups is 1. The molecule has 1 heterocycles. The lowest BCUT2D eigenvalue weighted by Gasteiger charge is -2.02. The van der Waals surface area contributed by atoms with Crippen LogP contribution in [-0.2, 0) is 0 Å². The maximum atomic E-state index is 12.0. The van der Waals surface area contributed by atoms with E-state index in [-0.39, 0.29) is 11.3 Å². The summed E-state index contributed by atoms with van der Waals surface area (Å²) in [6.07, 6.45) is 1.29. The molecule has 0 bridgehead atoms. The lowest BCUT2D eigenvalue weighted by Crippen LogP contribution is -2.06.